The number of carbonyl (C=O) groups is 1. The summed E-state index contributed by atoms with van der Waals surface area (Å²) < 4.78 is 0. The second kappa shape index (κ2) is 12.1. The van der Waals surface area contributed by atoms with E-state index in [0.29, 0.717) is 5.78 Å². The predicted octanol–water partition coefficient (Wildman–Crippen LogP) is 4.45. The van der Waals surface area contributed by atoms with E-state index >= 15 is 0 Å². The van der Waals surface area contributed by atoms with E-state index in [9.17, 15) is 4.79 Å². The Hall–Kier alpha value is 0.0200. The molecule has 0 N–H and O–H groups in total. The van der Waals surface area contributed by atoms with Crippen molar-refractivity contribution >= 4 is 17.5 Å². The number of ketones is 1. The molecular weight excluding hydrogens is 204 g/mol. The topological polar surface area (TPSA) is 17.1 Å². The molecule has 0 radical (unpaired) electrons. The van der Waals surface area contributed by atoms with Crippen molar-refractivity contribution in [2.75, 3.05) is 11.5 Å². The maximum Gasteiger partial charge on any atom is 0.133 e. The van der Waals surface area contributed by atoms with Crippen LogP contribution in [0.3, 0.4) is 0 Å². The fourth-order valence-electron chi connectivity index (χ4n) is 1.42. The Labute approximate surface area is 99.4 Å². The Morgan fingerprint density at radius 3 is 2.27 bits per heavy atom. The molecule has 0 aliphatic heterocycles. The molecule has 0 aliphatic carbocycles. The van der Waals surface area contributed by atoms with Crippen LogP contribution in [0.1, 0.15) is 65.2 Å². The summed E-state index contributed by atoms with van der Waals surface area (Å²) in [5.41, 5.74) is 0. The second-order valence-corrected chi connectivity index (χ2v) is 5.29. The minimum atomic E-state index is 0.456. The van der Waals surface area contributed by atoms with Crippen LogP contribution in [0.5, 0.6) is 0 Å². The SMILES string of the molecule is CCCCCCSCCC(=O)CCCC. The Kier molecular flexibility index (Phi) is 12.1. The molecule has 0 aliphatic rings. The highest BCUT2D eigenvalue weighted by Crippen LogP contribution is 2.10. The van der Waals surface area contributed by atoms with Crippen LogP contribution in [0, 0.1) is 0 Å². The molecule has 2 heteroatoms. The van der Waals surface area contributed by atoms with Gasteiger partial charge in [0.2, 0.25) is 0 Å². The van der Waals surface area contributed by atoms with Crippen molar-refractivity contribution in [2.45, 2.75) is 65.2 Å². The zero-order valence-electron chi connectivity index (χ0n) is 10.4. The molecule has 0 unspecified atom stereocenters. The largest absolute Gasteiger partial charge is 0.300 e. The van der Waals surface area contributed by atoms with E-state index in [4.69, 9.17) is 0 Å². The molecular formula is C13H26OS. The fraction of sp³-hybridized carbons (Fsp3) is 0.923. The first-order valence-corrected chi connectivity index (χ1v) is 7.56. The van der Waals surface area contributed by atoms with Gasteiger partial charge in [0, 0.05) is 18.6 Å². The molecule has 0 aromatic carbocycles. The van der Waals surface area contributed by atoms with Gasteiger partial charge in [-0.3, -0.25) is 4.79 Å². The lowest BCUT2D eigenvalue weighted by molar-refractivity contribution is -0.118. The third-order valence-electron chi connectivity index (χ3n) is 2.48. The first kappa shape index (κ1) is 15.0. The van der Waals surface area contributed by atoms with Gasteiger partial charge in [-0.1, -0.05) is 39.5 Å². The predicted molar refractivity (Wildman–Crippen MR) is 70.6 cm³/mol. The van der Waals surface area contributed by atoms with Gasteiger partial charge in [0.15, 0.2) is 0 Å². The van der Waals surface area contributed by atoms with Crippen LogP contribution in [-0.4, -0.2) is 17.3 Å². The molecule has 1 nitrogen and oxygen atoms in total. The zero-order chi connectivity index (χ0) is 11.4. The first-order chi connectivity index (χ1) is 7.31. The van der Waals surface area contributed by atoms with E-state index in [2.05, 4.69) is 13.8 Å². The molecule has 0 aromatic heterocycles. The number of carbonyl (C=O) groups excluding carboxylic acids is 1. The van der Waals surface area contributed by atoms with Crippen molar-refractivity contribution in [1.29, 1.82) is 0 Å². The minimum Gasteiger partial charge on any atom is -0.300 e. The first-order valence-electron chi connectivity index (χ1n) is 6.40. The minimum absolute atomic E-state index is 0.456. The van der Waals surface area contributed by atoms with Crippen LogP contribution >= 0.6 is 11.8 Å². The van der Waals surface area contributed by atoms with Crippen LogP contribution in [-0.2, 0) is 4.79 Å². The number of thioether (sulfide) groups is 1. The van der Waals surface area contributed by atoms with Crippen LogP contribution < -0.4 is 0 Å². The summed E-state index contributed by atoms with van der Waals surface area (Å²) in [7, 11) is 0. The maximum absolute atomic E-state index is 11.3. The van der Waals surface area contributed by atoms with Crippen LogP contribution in [0.2, 0.25) is 0 Å². The van der Waals surface area contributed by atoms with Gasteiger partial charge >= 0.3 is 0 Å². The lowest BCUT2D eigenvalue weighted by atomic mass is 10.1. The number of hydrogen-bond donors (Lipinski definition) is 0. The van der Waals surface area contributed by atoms with Gasteiger partial charge in [0.1, 0.15) is 5.78 Å². The van der Waals surface area contributed by atoms with Crippen molar-refractivity contribution in [3.8, 4) is 0 Å². The monoisotopic (exact) mass is 230 g/mol. The maximum atomic E-state index is 11.3. The van der Waals surface area contributed by atoms with Gasteiger partial charge in [0.25, 0.3) is 0 Å². The smallest absolute Gasteiger partial charge is 0.133 e. The van der Waals surface area contributed by atoms with E-state index in [1.54, 1.807) is 0 Å². The van der Waals surface area contributed by atoms with Crippen LogP contribution in [0.25, 0.3) is 0 Å². The Balaban J connectivity index is 3.06. The number of rotatable bonds is 11. The molecule has 0 amide bonds. The molecule has 0 spiro atoms. The van der Waals surface area contributed by atoms with Gasteiger partial charge in [-0.15, -0.1) is 0 Å². The third-order valence-corrected chi connectivity index (χ3v) is 3.55. The average Bonchev–Trinajstić information content (AvgIpc) is 2.25. The highest BCUT2D eigenvalue weighted by atomic mass is 32.2. The van der Waals surface area contributed by atoms with Crippen molar-refractivity contribution in [1.82, 2.24) is 0 Å². The van der Waals surface area contributed by atoms with Crippen LogP contribution in [0.15, 0.2) is 0 Å². The van der Waals surface area contributed by atoms with Gasteiger partial charge in [-0.05, 0) is 18.6 Å². The van der Waals surface area contributed by atoms with Gasteiger partial charge < -0.3 is 0 Å². The summed E-state index contributed by atoms with van der Waals surface area (Å²) in [5.74, 6) is 2.73. The Morgan fingerprint density at radius 2 is 1.60 bits per heavy atom. The molecule has 0 saturated heterocycles. The lowest BCUT2D eigenvalue weighted by Crippen LogP contribution is -1.99. The fourth-order valence-corrected chi connectivity index (χ4v) is 2.40. The lowest BCUT2D eigenvalue weighted by Gasteiger charge is -2.01. The second-order valence-electron chi connectivity index (χ2n) is 4.07. The van der Waals surface area contributed by atoms with Gasteiger partial charge in [0.05, 0.1) is 0 Å². The quantitative estimate of drug-likeness (QED) is 0.488. The number of hydrogen-bond acceptors (Lipinski definition) is 2. The van der Waals surface area contributed by atoms with Crippen molar-refractivity contribution in [2.24, 2.45) is 0 Å². The van der Waals surface area contributed by atoms with Gasteiger partial charge in [-0.2, -0.15) is 11.8 Å². The van der Waals surface area contributed by atoms with E-state index in [-0.39, 0.29) is 0 Å². The number of unbranched alkanes of at least 4 members (excludes halogenated alkanes) is 4. The van der Waals surface area contributed by atoms with Crippen molar-refractivity contribution < 1.29 is 4.79 Å². The summed E-state index contributed by atoms with van der Waals surface area (Å²) in [5, 5.41) is 0. The molecule has 90 valence electrons. The van der Waals surface area contributed by atoms with E-state index < -0.39 is 0 Å². The summed E-state index contributed by atoms with van der Waals surface area (Å²) in [6.07, 6.45) is 9.13. The average molecular weight is 230 g/mol. The van der Waals surface area contributed by atoms with E-state index in [1.807, 2.05) is 11.8 Å². The number of Topliss-reactive ketones (excluding diaryl/α,β-unsaturated/α-hetero) is 1. The van der Waals surface area contributed by atoms with Crippen molar-refractivity contribution in [3.05, 3.63) is 0 Å². The van der Waals surface area contributed by atoms with Crippen molar-refractivity contribution in [3.63, 3.8) is 0 Å². The summed E-state index contributed by atoms with van der Waals surface area (Å²) in [6, 6.07) is 0. The highest BCUT2D eigenvalue weighted by molar-refractivity contribution is 7.99. The molecule has 0 atom stereocenters. The van der Waals surface area contributed by atoms with E-state index in [0.717, 1.165) is 31.4 Å². The molecule has 0 saturated carbocycles. The standard InChI is InChI=1S/C13H26OS/c1-3-5-7-8-11-15-12-10-13(14)9-6-4-2/h3-12H2,1-2H3. The third kappa shape index (κ3) is 11.9. The zero-order valence-corrected chi connectivity index (χ0v) is 11.2. The summed E-state index contributed by atoms with van der Waals surface area (Å²) in [6.45, 7) is 4.37. The van der Waals surface area contributed by atoms with Gasteiger partial charge in [-0.25, -0.2) is 0 Å². The summed E-state index contributed by atoms with van der Waals surface area (Å²) in [4.78, 5) is 11.3. The van der Waals surface area contributed by atoms with Crippen LogP contribution in [0.4, 0.5) is 0 Å². The molecule has 0 aromatic rings. The molecule has 0 rings (SSSR count). The Bertz CT molecular complexity index is 145. The normalized spacial score (nSPS) is 10.5. The molecule has 15 heavy (non-hydrogen) atoms. The van der Waals surface area contributed by atoms with E-state index in [1.165, 1.54) is 31.4 Å². The summed E-state index contributed by atoms with van der Waals surface area (Å²) >= 11 is 1.94. The molecule has 0 fully saturated rings. The molecule has 0 heterocycles. The Morgan fingerprint density at radius 1 is 0.867 bits per heavy atom. The highest BCUT2D eigenvalue weighted by Gasteiger charge is 2.00. The molecule has 0 bridgehead atoms.